The molecule has 0 saturated carbocycles. The topological polar surface area (TPSA) is 36.9 Å². The maximum Gasteiger partial charge on any atom is 0.380 e. The monoisotopic (exact) mass is 832 g/mol. The minimum atomic E-state index is -5.74. The Morgan fingerprint density at radius 3 is 1.02 bits per heavy atom. The molecule has 2 aliphatic rings. The van der Waals surface area contributed by atoms with E-state index in [9.17, 15) is 0 Å². The third kappa shape index (κ3) is 6.01. The zero-order chi connectivity index (χ0) is 41.0. The van der Waals surface area contributed by atoms with E-state index in [2.05, 4.69) is 0 Å². The van der Waals surface area contributed by atoms with Gasteiger partial charge in [-0.05, 0) is 135 Å². The van der Waals surface area contributed by atoms with Crippen LogP contribution in [0, 0.1) is 0 Å². The fourth-order valence-electron chi connectivity index (χ4n) is 7.92. The average Bonchev–Trinajstić information content (AvgIpc) is 3.85. The van der Waals surface area contributed by atoms with Crippen molar-refractivity contribution in [2.45, 2.75) is 50.9 Å². The first-order valence-corrected chi connectivity index (χ1v) is 20.6. The molecule has 0 amide bonds. The molecule has 0 aliphatic heterocycles. The molecule has 8 rings (SSSR count). The van der Waals surface area contributed by atoms with Gasteiger partial charge < -0.3 is 18.9 Å². The van der Waals surface area contributed by atoms with Crippen LogP contribution in [0.1, 0.15) is 59.7 Å². The van der Waals surface area contributed by atoms with Gasteiger partial charge in [0.1, 0.15) is 23.0 Å². The molecule has 2 heterocycles. The molecule has 58 heavy (non-hydrogen) atoms. The first kappa shape index (κ1) is 39.6. The number of halogens is 6. The maximum atomic E-state index is 16.7. The molecule has 0 fully saturated rings. The summed E-state index contributed by atoms with van der Waals surface area (Å²) >= 11 is 2.20. The van der Waals surface area contributed by atoms with E-state index in [4.69, 9.17) is 18.9 Å². The van der Waals surface area contributed by atoms with E-state index >= 15 is 26.3 Å². The van der Waals surface area contributed by atoms with E-state index in [1.807, 2.05) is 27.7 Å². The van der Waals surface area contributed by atoms with E-state index in [1.54, 1.807) is 97.1 Å². The molecule has 4 nitrogen and oxygen atoms in total. The lowest BCUT2D eigenvalue weighted by molar-refractivity contribution is -0.254. The molecule has 2 aliphatic carbocycles. The molecule has 300 valence electrons. The number of alkyl halides is 6. The number of ether oxygens (including phenoxy) is 4. The van der Waals surface area contributed by atoms with Gasteiger partial charge in [0, 0.05) is 41.8 Å². The van der Waals surface area contributed by atoms with Crippen molar-refractivity contribution >= 4 is 33.8 Å². The van der Waals surface area contributed by atoms with Crippen molar-refractivity contribution in [3.05, 3.63) is 141 Å². The first-order valence-electron chi connectivity index (χ1n) is 18.9. The van der Waals surface area contributed by atoms with Gasteiger partial charge in [-0.1, -0.05) is 24.3 Å². The fraction of sp³-hybridized carbons (Fsp3) is 0.261. The van der Waals surface area contributed by atoms with Crippen molar-refractivity contribution in [2.75, 3.05) is 26.4 Å². The van der Waals surface area contributed by atoms with Gasteiger partial charge in [0.2, 0.25) is 0 Å². The molecule has 4 aromatic carbocycles. The van der Waals surface area contributed by atoms with E-state index in [0.717, 1.165) is 22.7 Å². The van der Waals surface area contributed by atoms with Crippen molar-refractivity contribution < 1.29 is 45.3 Å². The SMILES string of the molecule is CCOc1ccc(-c2cc3c(s2)C(c2ccc(OCC)cc2)(c2ccc(OCC)cc2)c2sc(-c4ccc(OCC)cc4)cc2C2=C3C(F)(F)C(F)(F)C2(F)F)cc1. The number of hydrogen-bond acceptors (Lipinski definition) is 6. The van der Waals surface area contributed by atoms with Crippen molar-refractivity contribution in [1.29, 1.82) is 0 Å². The largest absolute Gasteiger partial charge is 0.494 e. The minimum absolute atomic E-state index is 0.184. The van der Waals surface area contributed by atoms with Gasteiger partial charge in [-0.15, -0.1) is 22.7 Å². The van der Waals surface area contributed by atoms with Gasteiger partial charge in [0.05, 0.1) is 31.8 Å². The number of allylic oxidation sites excluding steroid dienone is 2. The summed E-state index contributed by atoms with van der Waals surface area (Å²) in [5, 5.41) is 0. The number of benzene rings is 4. The van der Waals surface area contributed by atoms with Crippen LogP contribution in [0.5, 0.6) is 23.0 Å². The van der Waals surface area contributed by atoms with Crippen LogP contribution >= 0.6 is 22.7 Å². The van der Waals surface area contributed by atoms with Gasteiger partial charge in [0.25, 0.3) is 0 Å². The van der Waals surface area contributed by atoms with Crippen LogP contribution in [0.2, 0.25) is 0 Å². The molecule has 12 heteroatoms. The Balaban J connectivity index is 1.53. The zero-order valence-corrected chi connectivity index (χ0v) is 33.6. The van der Waals surface area contributed by atoms with Crippen LogP contribution in [-0.2, 0) is 5.41 Å². The van der Waals surface area contributed by atoms with E-state index in [0.29, 0.717) is 81.4 Å². The predicted molar refractivity (Wildman–Crippen MR) is 218 cm³/mol. The summed E-state index contributed by atoms with van der Waals surface area (Å²) < 4.78 is 121. The molecule has 0 N–H and O–H groups in total. The highest BCUT2D eigenvalue weighted by Crippen LogP contribution is 2.70. The van der Waals surface area contributed by atoms with Crippen LogP contribution in [0.3, 0.4) is 0 Å². The Hall–Kier alpha value is -5.20. The lowest BCUT2D eigenvalue weighted by Crippen LogP contribution is -2.49. The van der Waals surface area contributed by atoms with Crippen molar-refractivity contribution in [3.8, 4) is 43.9 Å². The van der Waals surface area contributed by atoms with Crippen LogP contribution < -0.4 is 18.9 Å². The summed E-state index contributed by atoms with van der Waals surface area (Å²) in [6.07, 6.45) is 0. The molecule has 0 unspecified atom stereocenters. The molecular weight excluding hydrogens is 795 g/mol. The summed E-state index contributed by atoms with van der Waals surface area (Å²) in [5.74, 6) is -14.1. The molecular formula is C46H38F6O4S2. The van der Waals surface area contributed by atoms with Gasteiger partial charge in [-0.3, -0.25) is 0 Å². The van der Waals surface area contributed by atoms with Crippen molar-refractivity contribution in [3.63, 3.8) is 0 Å². The molecule has 2 aromatic heterocycles. The predicted octanol–water partition coefficient (Wildman–Crippen LogP) is 13.3. The summed E-state index contributed by atoms with van der Waals surface area (Å²) in [7, 11) is 0. The van der Waals surface area contributed by atoms with Gasteiger partial charge in [-0.25, -0.2) is 0 Å². The normalized spacial score (nSPS) is 16.9. The highest BCUT2D eigenvalue weighted by atomic mass is 32.1. The van der Waals surface area contributed by atoms with Crippen molar-refractivity contribution in [1.82, 2.24) is 0 Å². The van der Waals surface area contributed by atoms with Crippen LogP contribution in [0.4, 0.5) is 26.3 Å². The van der Waals surface area contributed by atoms with E-state index < -0.39 is 34.3 Å². The number of rotatable bonds is 12. The highest BCUT2D eigenvalue weighted by molar-refractivity contribution is 7.18. The number of thiophene rings is 2. The minimum Gasteiger partial charge on any atom is -0.494 e. The molecule has 0 saturated heterocycles. The summed E-state index contributed by atoms with van der Waals surface area (Å²) in [5.41, 5.74) is -2.92. The zero-order valence-electron chi connectivity index (χ0n) is 31.9. The third-order valence-electron chi connectivity index (χ3n) is 10.4. The fourth-order valence-corrected chi connectivity index (χ4v) is 10.8. The smallest absolute Gasteiger partial charge is 0.380 e. The summed E-state index contributed by atoms with van der Waals surface area (Å²) in [4.78, 5) is 1.21. The second-order valence-corrected chi connectivity index (χ2v) is 15.9. The van der Waals surface area contributed by atoms with Gasteiger partial charge in [-0.2, -0.15) is 26.3 Å². The molecule has 6 aromatic rings. The Morgan fingerprint density at radius 2 is 0.724 bits per heavy atom. The third-order valence-corrected chi connectivity index (χ3v) is 13.1. The quantitative estimate of drug-likeness (QED) is 0.115. The van der Waals surface area contributed by atoms with E-state index in [-0.39, 0.29) is 20.9 Å². The summed E-state index contributed by atoms with van der Waals surface area (Å²) in [6.45, 7) is 8.92. The van der Waals surface area contributed by atoms with Crippen molar-refractivity contribution in [2.24, 2.45) is 0 Å². The highest BCUT2D eigenvalue weighted by Gasteiger charge is 2.81. The average molecular weight is 833 g/mol. The Morgan fingerprint density at radius 1 is 0.431 bits per heavy atom. The number of fused-ring (bicyclic) bond motifs is 4. The van der Waals surface area contributed by atoms with Crippen LogP contribution in [-0.4, -0.2) is 44.2 Å². The first-order chi connectivity index (χ1) is 27.8. The van der Waals surface area contributed by atoms with Crippen LogP contribution in [0.25, 0.3) is 32.0 Å². The van der Waals surface area contributed by atoms with Gasteiger partial charge in [0.15, 0.2) is 0 Å². The molecule has 0 bridgehead atoms. The Labute approximate surface area is 340 Å². The molecule has 0 spiro atoms. The Bertz CT molecular complexity index is 2300. The number of hydrogen-bond donors (Lipinski definition) is 0. The van der Waals surface area contributed by atoms with Gasteiger partial charge >= 0.3 is 17.8 Å². The lowest BCUT2D eigenvalue weighted by atomic mass is 9.70. The van der Waals surface area contributed by atoms with E-state index in [1.165, 1.54) is 12.1 Å². The maximum absolute atomic E-state index is 16.7. The lowest BCUT2D eigenvalue weighted by Gasteiger charge is -2.36. The standard InChI is InChI=1S/C46H38F6O4S2/c1-5-53-31-17-9-27(10-18-31)37-25-35-39-40(45(49,50)46(51,52)44(39,47)48)36-26-38(28-11-19-32(20-12-28)54-6-2)58-42(36)43(41(35)57-37,29-13-21-33(22-14-29)55-7-3)30-15-23-34(24-16-30)56-8-4/h9-26H,5-8H2,1-4H3. The van der Waals surface area contributed by atoms with Crippen LogP contribution in [0.15, 0.2) is 109 Å². The summed E-state index contributed by atoms with van der Waals surface area (Å²) in [6, 6.07) is 30.6. The second-order valence-electron chi connectivity index (χ2n) is 13.8. The molecule has 0 atom stereocenters. The Kier molecular flexibility index (Phi) is 10.2. The second kappa shape index (κ2) is 14.9. The molecule has 0 radical (unpaired) electrons.